The summed E-state index contributed by atoms with van der Waals surface area (Å²) in [7, 11) is 0. The third-order valence-electron chi connectivity index (χ3n) is 4.39. The highest BCUT2D eigenvalue weighted by Crippen LogP contribution is 2.30. The van der Waals surface area contributed by atoms with E-state index in [-0.39, 0.29) is 42.4 Å². The number of carbonyl (C=O) groups excluding carboxylic acids is 1. The molecule has 4 unspecified atom stereocenters. The quantitative estimate of drug-likeness (QED) is 0.899. The second kappa shape index (κ2) is 7.25. The summed E-state index contributed by atoms with van der Waals surface area (Å²) >= 11 is 0. The van der Waals surface area contributed by atoms with Crippen LogP contribution < -0.4 is 11.1 Å². The first kappa shape index (κ1) is 16.3. The second-order valence-electron chi connectivity index (χ2n) is 5.88. The molecule has 21 heavy (non-hydrogen) atoms. The Morgan fingerprint density at radius 3 is 2.62 bits per heavy atom. The molecule has 2 aliphatic rings. The van der Waals surface area contributed by atoms with Crippen molar-refractivity contribution < 1.29 is 9.53 Å². The smallest absolute Gasteiger partial charge is 0.223 e. The monoisotopic (exact) mass is 310 g/mol. The molecule has 1 saturated heterocycles. The molecule has 4 nitrogen and oxygen atoms in total. The number of hydrogen-bond donors (Lipinski definition) is 2. The molecule has 116 valence electrons. The predicted molar refractivity (Wildman–Crippen MR) is 84.2 cm³/mol. The van der Waals surface area contributed by atoms with Gasteiger partial charge in [-0.15, -0.1) is 12.4 Å². The summed E-state index contributed by atoms with van der Waals surface area (Å²) in [5.74, 6) is 0.233. The highest BCUT2D eigenvalue weighted by Gasteiger charge is 2.34. The van der Waals surface area contributed by atoms with Gasteiger partial charge in [-0.3, -0.25) is 4.79 Å². The van der Waals surface area contributed by atoms with E-state index >= 15 is 0 Å². The Bertz CT molecular complexity index is 469. The highest BCUT2D eigenvalue weighted by molar-refractivity contribution is 5.85. The number of ether oxygens (including phenoxy) is 1. The predicted octanol–water partition coefficient (Wildman–Crippen LogP) is 2.18. The summed E-state index contributed by atoms with van der Waals surface area (Å²) < 4.78 is 5.80. The lowest BCUT2D eigenvalue weighted by Gasteiger charge is -2.22. The molecule has 4 atom stereocenters. The molecule has 5 heteroatoms. The van der Waals surface area contributed by atoms with Crippen molar-refractivity contribution >= 4 is 18.3 Å². The number of amides is 1. The maximum absolute atomic E-state index is 12.3. The fourth-order valence-electron chi connectivity index (χ4n) is 3.26. The summed E-state index contributed by atoms with van der Waals surface area (Å²) in [4.78, 5) is 12.3. The van der Waals surface area contributed by atoms with Crippen LogP contribution in [0.25, 0.3) is 0 Å². The molecule has 3 rings (SSSR count). The zero-order valence-electron chi connectivity index (χ0n) is 12.0. The van der Waals surface area contributed by atoms with E-state index in [0.717, 1.165) is 31.2 Å². The maximum atomic E-state index is 12.3. The van der Waals surface area contributed by atoms with Gasteiger partial charge in [-0.05, 0) is 31.2 Å². The first-order valence-corrected chi connectivity index (χ1v) is 7.46. The summed E-state index contributed by atoms with van der Waals surface area (Å²) in [6.45, 7) is 0.703. The van der Waals surface area contributed by atoms with Crippen molar-refractivity contribution in [1.29, 1.82) is 0 Å². The summed E-state index contributed by atoms with van der Waals surface area (Å²) in [6.07, 6.45) is 3.55. The van der Waals surface area contributed by atoms with Crippen LogP contribution in [-0.2, 0) is 9.53 Å². The fraction of sp³-hybridized carbons (Fsp3) is 0.562. The highest BCUT2D eigenvalue weighted by atomic mass is 35.5. The Morgan fingerprint density at radius 1 is 1.19 bits per heavy atom. The zero-order valence-corrected chi connectivity index (χ0v) is 12.9. The number of nitrogens with two attached hydrogens (primary N) is 1. The van der Waals surface area contributed by atoms with E-state index in [4.69, 9.17) is 10.5 Å². The van der Waals surface area contributed by atoms with Gasteiger partial charge < -0.3 is 15.8 Å². The van der Waals surface area contributed by atoms with Crippen LogP contribution in [-0.4, -0.2) is 24.6 Å². The molecule has 0 radical (unpaired) electrons. The van der Waals surface area contributed by atoms with Gasteiger partial charge in [0, 0.05) is 18.6 Å². The SMILES string of the molecule is Cl.NC1CCC(C(=O)NC2CCOC2c2ccccc2)C1. The molecule has 1 aromatic carbocycles. The number of halogens is 1. The van der Waals surface area contributed by atoms with E-state index in [1.165, 1.54) is 0 Å². The minimum absolute atomic E-state index is 0. The zero-order chi connectivity index (χ0) is 13.9. The van der Waals surface area contributed by atoms with Gasteiger partial charge in [-0.2, -0.15) is 0 Å². The molecule has 0 bridgehead atoms. The van der Waals surface area contributed by atoms with Crippen LogP contribution in [0.15, 0.2) is 30.3 Å². The van der Waals surface area contributed by atoms with Crippen molar-refractivity contribution in [1.82, 2.24) is 5.32 Å². The van der Waals surface area contributed by atoms with Crippen molar-refractivity contribution in [2.45, 2.75) is 43.9 Å². The number of carbonyl (C=O) groups is 1. The van der Waals surface area contributed by atoms with Crippen LogP contribution in [0.1, 0.15) is 37.4 Å². The molecule has 0 spiro atoms. The van der Waals surface area contributed by atoms with Crippen LogP contribution in [0.3, 0.4) is 0 Å². The lowest BCUT2D eigenvalue weighted by Crippen LogP contribution is -2.40. The van der Waals surface area contributed by atoms with Gasteiger partial charge in [0.25, 0.3) is 0 Å². The molecule has 1 amide bonds. The Balaban J connectivity index is 0.00000161. The molecule has 1 heterocycles. The average Bonchev–Trinajstić information content (AvgIpc) is 3.09. The number of hydrogen-bond acceptors (Lipinski definition) is 3. The van der Waals surface area contributed by atoms with E-state index in [1.807, 2.05) is 18.2 Å². The molecule has 1 aliphatic heterocycles. The number of rotatable bonds is 3. The van der Waals surface area contributed by atoms with Crippen LogP contribution in [0.5, 0.6) is 0 Å². The summed E-state index contributed by atoms with van der Waals surface area (Å²) in [6, 6.07) is 10.4. The first-order valence-electron chi connectivity index (χ1n) is 7.46. The van der Waals surface area contributed by atoms with Crippen LogP contribution >= 0.6 is 12.4 Å². The van der Waals surface area contributed by atoms with Gasteiger partial charge in [-0.1, -0.05) is 30.3 Å². The van der Waals surface area contributed by atoms with Crippen molar-refractivity contribution in [3.8, 4) is 0 Å². The molecule has 1 aliphatic carbocycles. The van der Waals surface area contributed by atoms with Gasteiger partial charge in [0.1, 0.15) is 6.10 Å². The van der Waals surface area contributed by atoms with Gasteiger partial charge in [0.2, 0.25) is 5.91 Å². The molecule has 0 aromatic heterocycles. The van der Waals surface area contributed by atoms with Crippen molar-refractivity contribution in [2.75, 3.05) is 6.61 Å². The molecule has 1 aromatic rings. The van der Waals surface area contributed by atoms with Crippen LogP contribution in [0, 0.1) is 5.92 Å². The van der Waals surface area contributed by atoms with Gasteiger partial charge >= 0.3 is 0 Å². The molecule has 1 saturated carbocycles. The number of nitrogens with one attached hydrogen (secondary N) is 1. The minimum Gasteiger partial charge on any atom is -0.371 e. The second-order valence-corrected chi connectivity index (χ2v) is 5.88. The standard InChI is InChI=1S/C16H22N2O2.ClH/c17-13-7-6-12(10-13)16(19)18-14-8-9-20-15(14)11-4-2-1-3-5-11;/h1-5,12-15H,6-10,17H2,(H,18,19);1H. The van der Waals surface area contributed by atoms with Crippen LogP contribution in [0.4, 0.5) is 0 Å². The third-order valence-corrected chi connectivity index (χ3v) is 4.39. The van der Waals surface area contributed by atoms with E-state index in [9.17, 15) is 4.79 Å². The van der Waals surface area contributed by atoms with E-state index in [0.29, 0.717) is 6.61 Å². The summed E-state index contributed by atoms with van der Waals surface area (Å²) in [5, 5.41) is 3.17. The van der Waals surface area contributed by atoms with Gasteiger partial charge in [-0.25, -0.2) is 0 Å². The molecular formula is C16H23ClN2O2. The third kappa shape index (κ3) is 3.76. The molecular weight excluding hydrogens is 288 g/mol. The maximum Gasteiger partial charge on any atom is 0.223 e. The topological polar surface area (TPSA) is 64.4 Å². The van der Waals surface area contributed by atoms with E-state index < -0.39 is 0 Å². The average molecular weight is 311 g/mol. The van der Waals surface area contributed by atoms with E-state index in [2.05, 4.69) is 17.4 Å². The largest absolute Gasteiger partial charge is 0.371 e. The normalized spacial score (nSPS) is 31.7. The lowest BCUT2D eigenvalue weighted by molar-refractivity contribution is -0.126. The van der Waals surface area contributed by atoms with Crippen molar-refractivity contribution in [2.24, 2.45) is 11.7 Å². The summed E-state index contributed by atoms with van der Waals surface area (Å²) in [5.41, 5.74) is 7.02. The molecule has 3 N–H and O–H groups in total. The van der Waals surface area contributed by atoms with Crippen LogP contribution in [0.2, 0.25) is 0 Å². The molecule has 2 fully saturated rings. The Labute approximate surface area is 131 Å². The Hall–Kier alpha value is -1.10. The van der Waals surface area contributed by atoms with E-state index in [1.54, 1.807) is 0 Å². The fourth-order valence-corrected chi connectivity index (χ4v) is 3.26. The number of benzene rings is 1. The Kier molecular flexibility index (Phi) is 5.62. The van der Waals surface area contributed by atoms with Crippen molar-refractivity contribution in [3.05, 3.63) is 35.9 Å². The Morgan fingerprint density at radius 2 is 1.95 bits per heavy atom. The lowest BCUT2D eigenvalue weighted by atomic mass is 10.0. The van der Waals surface area contributed by atoms with Crippen molar-refractivity contribution in [3.63, 3.8) is 0 Å². The van der Waals surface area contributed by atoms with Gasteiger partial charge in [0.15, 0.2) is 0 Å². The first-order chi connectivity index (χ1) is 9.74. The minimum atomic E-state index is -0.0183. The van der Waals surface area contributed by atoms with Gasteiger partial charge in [0.05, 0.1) is 6.04 Å².